The molecule has 0 saturated heterocycles. The molecule has 0 spiro atoms. The van der Waals surface area contributed by atoms with Gasteiger partial charge in [0.25, 0.3) is 0 Å². The predicted molar refractivity (Wildman–Crippen MR) is 145 cm³/mol. The fraction of sp³-hybridized carbons (Fsp3) is 0.0357. The van der Waals surface area contributed by atoms with Gasteiger partial charge in [0.2, 0.25) is 5.88 Å². The molecular weight excluding hydrogens is 511 g/mol. The lowest BCUT2D eigenvalue weighted by atomic mass is 10.00. The number of carbonyl (C=O) groups is 2. The number of aldehydes is 2. The van der Waals surface area contributed by atoms with Crippen molar-refractivity contribution in [3.63, 3.8) is 0 Å². The van der Waals surface area contributed by atoms with Crippen LogP contribution < -0.4 is 10.1 Å². The minimum absolute atomic E-state index is 0.217. The van der Waals surface area contributed by atoms with E-state index in [1.807, 2.05) is 36.4 Å². The number of nitrogens with zero attached hydrogens (tertiary/aromatic N) is 3. The topological polar surface area (TPSA) is 94.1 Å². The lowest BCUT2D eigenvalue weighted by Crippen LogP contribution is -1.98. The molecule has 3 aromatic heterocycles. The average Bonchev–Trinajstić information content (AvgIpc) is 2.94. The maximum Gasteiger partial charge on any atom is 0.224 e. The van der Waals surface area contributed by atoms with Crippen LogP contribution in [0.25, 0.3) is 33.3 Å². The fourth-order valence-electron chi connectivity index (χ4n) is 3.99. The average molecular weight is 529 g/mol. The second-order valence-corrected chi connectivity index (χ2v) is 8.75. The molecule has 1 N–H and O–H groups in total. The lowest BCUT2D eigenvalue weighted by molar-refractivity contribution is 0.111. The van der Waals surface area contributed by atoms with Crippen LogP contribution in [0.5, 0.6) is 5.88 Å². The number of rotatable bonds is 7. The van der Waals surface area contributed by atoms with Crippen LogP contribution in [0.3, 0.4) is 0 Å². The Balaban J connectivity index is 1.55. The number of fused-ring (bicyclic) bond motifs is 1. The standard InChI is InChI=1S/C28H18Cl2N4O3/c1-37-28-18(15-36)8-9-22(34-28)21-6-2-4-19(24(21)29)20-5-3-7-23(25(20)30)33-27-26-17(10-11-31-27)12-16(14-35)13-32-26/h2-15H,1H3,(H,31,33). The highest BCUT2D eigenvalue weighted by Crippen LogP contribution is 2.42. The zero-order chi connectivity index (χ0) is 25.9. The summed E-state index contributed by atoms with van der Waals surface area (Å²) in [7, 11) is 1.46. The van der Waals surface area contributed by atoms with Gasteiger partial charge in [-0.1, -0.05) is 53.5 Å². The second-order valence-electron chi connectivity index (χ2n) is 7.99. The molecule has 3 heterocycles. The number of pyridine rings is 3. The van der Waals surface area contributed by atoms with Crippen molar-refractivity contribution in [1.82, 2.24) is 15.0 Å². The quantitative estimate of drug-likeness (QED) is 0.226. The van der Waals surface area contributed by atoms with Gasteiger partial charge >= 0.3 is 0 Å². The molecule has 37 heavy (non-hydrogen) atoms. The predicted octanol–water partition coefficient (Wildman–Crippen LogP) is 7.04. The number of aromatic nitrogens is 3. The minimum Gasteiger partial charge on any atom is -0.480 e. The molecule has 0 aliphatic carbocycles. The molecule has 9 heteroatoms. The molecule has 0 unspecified atom stereocenters. The summed E-state index contributed by atoms with van der Waals surface area (Å²) in [6.45, 7) is 0. The molecular formula is C28H18Cl2N4O3. The van der Waals surface area contributed by atoms with Crippen molar-refractivity contribution in [2.75, 3.05) is 12.4 Å². The summed E-state index contributed by atoms with van der Waals surface area (Å²) >= 11 is 13.7. The van der Waals surface area contributed by atoms with Crippen LogP contribution in [0.15, 0.2) is 73.1 Å². The molecule has 0 aliphatic heterocycles. The Hall–Kier alpha value is -4.33. The van der Waals surface area contributed by atoms with Crippen molar-refractivity contribution in [1.29, 1.82) is 0 Å². The van der Waals surface area contributed by atoms with Gasteiger partial charge in [0.05, 0.1) is 34.1 Å². The SMILES string of the molecule is COc1nc(-c2cccc(-c3cccc(Nc4nccc5cc(C=O)cnc45)c3Cl)c2Cl)ccc1C=O. The number of halogens is 2. The largest absolute Gasteiger partial charge is 0.480 e. The molecule has 0 atom stereocenters. The van der Waals surface area contributed by atoms with E-state index in [4.69, 9.17) is 27.9 Å². The summed E-state index contributed by atoms with van der Waals surface area (Å²) in [6, 6.07) is 18.0. The number of benzene rings is 2. The Labute approximate surface area is 222 Å². The highest BCUT2D eigenvalue weighted by Gasteiger charge is 2.17. The number of nitrogens with one attached hydrogen (secondary N) is 1. The number of anilines is 2. The molecule has 0 radical (unpaired) electrons. The number of methoxy groups -OCH3 is 1. The van der Waals surface area contributed by atoms with E-state index < -0.39 is 0 Å². The van der Waals surface area contributed by atoms with Crippen molar-refractivity contribution >= 4 is 58.2 Å². The molecule has 0 saturated carbocycles. The van der Waals surface area contributed by atoms with Crippen molar-refractivity contribution in [3.05, 3.63) is 94.2 Å². The van der Waals surface area contributed by atoms with E-state index in [0.717, 1.165) is 11.7 Å². The third-order valence-corrected chi connectivity index (χ3v) is 6.60. The number of hydrogen-bond acceptors (Lipinski definition) is 7. The summed E-state index contributed by atoms with van der Waals surface area (Å²) in [4.78, 5) is 35.6. The second kappa shape index (κ2) is 10.3. The van der Waals surface area contributed by atoms with Crippen LogP contribution in [0.2, 0.25) is 10.0 Å². The van der Waals surface area contributed by atoms with Crippen molar-refractivity contribution < 1.29 is 14.3 Å². The molecule has 0 amide bonds. The zero-order valence-electron chi connectivity index (χ0n) is 19.4. The summed E-state index contributed by atoms with van der Waals surface area (Å²) in [5, 5.41) is 4.91. The third-order valence-electron chi connectivity index (χ3n) is 5.78. The van der Waals surface area contributed by atoms with Gasteiger partial charge in [0.1, 0.15) is 5.52 Å². The van der Waals surface area contributed by atoms with Gasteiger partial charge in [-0.15, -0.1) is 0 Å². The van der Waals surface area contributed by atoms with Crippen LogP contribution in [0.4, 0.5) is 11.5 Å². The van der Waals surface area contributed by atoms with Crippen molar-refractivity contribution in [2.24, 2.45) is 0 Å². The maximum absolute atomic E-state index is 11.3. The van der Waals surface area contributed by atoms with E-state index in [0.29, 0.717) is 66.9 Å². The first-order valence-corrected chi connectivity index (χ1v) is 11.8. The fourth-order valence-corrected chi connectivity index (χ4v) is 4.59. The molecule has 7 nitrogen and oxygen atoms in total. The highest BCUT2D eigenvalue weighted by atomic mass is 35.5. The molecule has 5 rings (SSSR count). The smallest absolute Gasteiger partial charge is 0.224 e. The molecule has 0 fully saturated rings. The van der Waals surface area contributed by atoms with Gasteiger partial charge in [-0.3, -0.25) is 14.6 Å². The lowest BCUT2D eigenvalue weighted by Gasteiger charge is -2.15. The van der Waals surface area contributed by atoms with Gasteiger partial charge in [-0.25, -0.2) is 9.97 Å². The first-order valence-electron chi connectivity index (χ1n) is 11.1. The van der Waals surface area contributed by atoms with Crippen LogP contribution in [-0.2, 0) is 0 Å². The molecule has 0 bridgehead atoms. The normalized spacial score (nSPS) is 10.8. The van der Waals surface area contributed by atoms with Gasteiger partial charge in [-0.2, -0.15) is 0 Å². The Morgan fingerprint density at radius 1 is 0.865 bits per heavy atom. The summed E-state index contributed by atoms with van der Waals surface area (Å²) in [6.07, 6.45) is 4.57. The Kier molecular flexibility index (Phi) is 6.81. The molecule has 0 aliphatic rings. The number of carbonyl (C=O) groups excluding carboxylic acids is 2. The molecule has 182 valence electrons. The summed E-state index contributed by atoms with van der Waals surface area (Å²) in [5.74, 6) is 0.718. The van der Waals surface area contributed by atoms with E-state index in [1.54, 1.807) is 30.5 Å². The van der Waals surface area contributed by atoms with Crippen molar-refractivity contribution in [3.8, 4) is 28.3 Å². The van der Waals surface area contributed by atoms with Crippen LogP contribution in [-0.4, -0.2) is 34.6 Å². The molecule has 2 aromatic carbocycles. The number of hydrogen-bond donors (Lipinski definition) is 1. The van der Waals surface area contributed by atoms with E-state index in [1.165, 1.54) is 13.3 Å². The van der Waals surface area contributed by atoms with Crippen LogP contribution in [0.1, 0.15) is 20.7 Å². The van der Waals surface area contributed by atoms with E-state index in [2.05, 4.69) is 20.3 Å². The van der Waals surface area contributed by atoms with Crippen LogP contribution in [0, 0.1) is 0 Å². The number of ether oxygens (including phenoxy) is 1. The van der Waals surface area contributed by atoms with Gasteiger partial charge in [0.15, 0.2) is 18.4 Å². The highest BCUT2D eigenvalue weighted by molar-refractivity contribution is 6.39. The first-order chi connectivity index (χ1) is 18.0. The summed E-state index contributed by atoms with van der Waals surface area (Å²) in [5.41, 5.74) is 4.66. The Morgan fingerprint density at radius 3 is 2.38 bits per heavy atom. The summed E-state index contributed by atoms with van der Waals surface area (Å²) < 4.78 is 5.24. The van der Waals surface area contributed by atoms with Gasteiger partial charge < -0.3 is 10.1 Å². The maximum atomic E-state index is 11.3. The molecule has 5 aromatic rings. The minimum atomic E-state index is 0.217. The Bertz CT molecular complexity index is 1670. The van der Waals surface area contributed by atoms with Gasteiger partial charge in [-0.05, 0) is 30.3 Å². The Morgan fingerprint density at radius 2 is 1.62 bits per heavy atom. The van der Waals surface area contributed by atoms with Gasteiger partial charge in [0, 0.05) is 40.0 Å². The van der Waals surface area contributed by atoms with E-state index >= 15 is 0 Å². The van der Waals surface area contributed by atoms with Crippen molar-refractivity contribution in [2.45, 2.75) is 0 Å². The monoisotopic (exact) mass is 528 g/mol. The van der Waals surface area contributed by atoms with Crippen LogP contribution >= 0.6 is 23.2 Å². The van der Waals surface area contributed by atoms with E-state index in [-0.39, 0.29) is 5.88 Å². The zero-order valence-corrected chi connectivity index (χ0v) is 20.9. The first kappa shape index (κ1) is 24.4. The third kappa shape index (κ3) is 4.62. The van der Waals surface area contributed by atoms with E-state index in [9.17, 15) is 9.59 Å².